The highest BCUT2D eigenvalue weighted by atomic mass is 32.2. The first kappa shape index (κ1) is 17.4. The molecule has 1 aromatic carbocycles. The largest absolute Gasteiger partial charge is 0.446 e. The van der Waals surface area contributed by atoms with Gasteiger partial charge in [0.25, 0.3) is 0 Å². The molecule has 0 spiro atoms. The first-order valence-electron chi connectivity index (χ1n) is 6.48. The van der Waals surface area contributed by atoms with Crippen LogP contribution < -0.4 is 9.44 Å². The molecular weight excluding hydrogens is 296 g/mol. The Morgan fingerprint density at radius 3 is 2.43 bits per heavy atom. The van der Waals surface area contributed by atoms with E-state index in [0.29, 0.717) is 6.42 Å². The number of aliphatic hydroxyl groups excluding tert-OH is 1. The summed E-state index contributed by atoms with van der Waals surface area (Å²) in [5, 5.41) is 9.26. The Hall–Kier alpha value is -1.64. The Morgan fingerprint density at radius 1 is 1.29 bits per heavy atom. The van der Waals surface area contributed by atoms with Gasteiger partial charge in [-0.25, -0.2) is 9.52 Å². The molecule has 1 atom stereocenters. The molecule has 1 aromatic rings. The van der Waals surface area contributed by atoms with Crippen LogP contribution in [-0.2, 0) is 21.4 Å². The van der Waals surface area contributed by atoms with Crippen molar-refractivity contribution in [3.63, 3.8) is 0 Å². The summed E-state index contributed by atoms with van der Waals surface area (Å²) in [7, 11) is -4.09. The Kier molecular flexibility index (Phi) is 6.60. The summed E-state index contributed by atoms with van der Waals surface area (Å²) < 4.78 is 32.1. The van der Waals surface area contributed by atoms with Gasteiger partial charge >= 0.3 is 16.3 Å². The molecule has 8 heteroatoms. The van der Waals surface area contributed by atoms with E-state index in [2.05, 4.69) is 9.46 Å². The Labute approximate surface area is 124 Å². The molecule has 3 N–H and O–H groups in total. The van der Waals surface area contributed by atoms with Crippen molar-refractivity contribution in [2.75, 3.05) is 6.61 Å². The summed E-state index contributed by atoms with van der Waals surface area (Å²) >= 11 is 0. The number of amides is 1. The van der Waals surface area contributed by atoms with Crippen LogP contribution in [0.15, 0.2) is 30.3 Å². The van der Waals surface area contributed by atoms with E-state index in [1.165, 1.54) is 0 Å². The molecule has 0 radical (unpaired) electrons. The van der Waals surface area contributed by atoms with E-state index in [1.807, 2.05) is 30.3 Å². The van der Waals surface area contributed by atoms with Gasteiger partial charge in [-0.1, -0.05) is 30.3 Å². The van der Waals surface area contributed by atoms with Crippen LogP contribution in [0.25, 0.3) is 0 Å². The minimum Gasteiger partial charge on any atom is -0.446 e. The van der Waals surface area contributed by atoms with Gasteiger partial charge in [0.1, 0.15) is 0 Å². The van der Waals surface area contributed by atoms with Crippen molar-refractivity contribution in [1.82, 2.24) is 9.44 Å². The number of hydrogen-bond acceptors (Lipinski definition) is 5. The normalized spacial score (nSPS) is 13.0. The zero-order valence-corrected chi connectivity index (χ0v) is 12.8. The molecule has 0 unspecified atom stereocenters. The molecule has 0 saturated carbocycles. The Morgan fingerprint density at radius 2 is 1.90 bits per heavy atom. The molecule has 0 aromatic heterocycles. The molecule has 0 aliphatic carbocycles. The van der Waals surface area contributed by atoms with Gasteiger partial charge in [-0.05, 0) is 25.8 Å². The van der Waals surface area contributed by atoms with E-state index < -0.39 is 35.1 Å². The number of carbonyl (C=O) groups excluding carboxylic acids is 1. The maximum atomic E-state index is 11.7. The number of aliphatic hydroxyl groups is 1. The molecule has 21 heavy (non-hydrogen) atoms. The van der Waals surface area contributed by atoms with Crippen molar-refractivity contribution in [3.8, 4) is 0 Å². The molecule has 1 amide bonds. The highest BCUT2D eigenvalue weighted by molar-refractivity contribution is 7.88. The first-order chi connectivity index (χ1) is 9.82. The van der Waals surface area contributed by atoms with Gasteiger partial charge in [0, 0.05) is 0 Å². The maximum Gasteiger partial charge on any atom is 0.422 e. The average Bonchev–Trinajstić information content (AvgIpc) is 2.37. The van der Waals surface area contributed by atoms with Gasteiger partial charge in [0.15, 0.2) is 0 Å². The second-order valence-corrected chi connectivity index (χ2v) is 6.19. The Balaban J connectivity index is 2.61. The van der Waals surface area contributed by atoms with Crippen LogP contribution in [0.2, 0.25) is 0 Å². The molecule has 0 aliphatic rings. The van der Waals surface area contributed by atoms with Gasteiger partial charge in [0.05, 0.1) is 18.8 Å². The molecule has 1 rings (SSSR count). The number of ether oxygens (including phenoxy) is 1. The minimum absolute atomic E-state index is 0.303. The zero-order chi connectivity index (χ0) is 15.9. The lowest BCUT2D eigenvalue weighted by Crippen LogP contribution is -2.47. The van der Waals surface area contributed by atoms with Crippen LogP contribution in [0, 0.1) is 0 Å². The highest BCUT2D eigenvalue weighted by Gasteiger charge is 2.21. The molecule has 0 fully saturated rings. The predicted molar refractivity (Wildman–Crippen MR) is 77.8 cm³/mol. The van der Waals surface area contributed by atoms with E-state index >= 15 is 0 Å². The molecular formula is C13H20N2O5S. The molecule has 118 valence electrons. The van der Waals surface area contributed by atoms with E-state index in [0.717, 1.165) is 5.56 Å². The van der Waals surface area contributed by atoms with Crippen molar-refractivity contribution in [2.45, 2.75) is 32.4 Å². The van der Waals surface area contributed by atoms with E-state index in [1.54, 1.807) is 18.6 Å². The third-order valence-electron chi connectivity index (χ3n) is 2.43. The number of carbonyl (C=O) groups is 1. The molecule has 0 heterocycles. The summed E-state index contributed by atoms with van der Waals surface area (Å²) in [6.07, 6.45) is -1.19. The summed E-state index contributed by atoms with van der Waals surface area (Å²) in [5.74, 6) is 0. The molecule has 0 aliphatic heterocycles. The first-order valence-corrected chi connectivity index (χ1v) is 7.96. The van der Waals surface area contributed by atoms with Crippen molar-refractivity contribution >= 4 is 16.3 Å². The van der Waals surface area contributed by atoms with Gasteiger partial charge < -0.3 is 9.84 Å². The SMILES string of the molecule is CC(C)OC(=O)NS(=O)(=O)N[C@H](CO)Cc1ccccc1. The number of rotatable bonds is 7. The lowest BCUT2D eigenvalue weighted by atomic mass is 10.1. The second-order valence-electron chi connectivity index (χ2n) is 4.75. The lowest BCUT2D eigenvalue weighted by Gasteiger charge is -2.17. The maximum absolute atomic E-state index is 11.7. The van der Waals surface area contributed by atoms with Gasteiger partial charge in [-0.2, -0.15) is 13.1 Å². The summed E-state index contributed by atoms with van der Waals surface area (Å²) in [5.41, 5.74) is 0.865. The third-order valence-corrected chi connectivity index (χ3v) is 3.51. The molecule has 0 bridgehead atoms. The summed E-state index contributed by atoms with van der Waals surface area (Å²) in [6, 6.07) is 8.37. The zero-order valence-electron chi connectivity index (χ0n) is 11.9. The predicted octanol–water partition coefficient (Wildman–Crippen LogP) is 0.559. The van der Waals surface area contributed by atoms with Crippen LogP contribution in [0.4, 0.5) is 4.79 Å². The average molecular weight is 316 g/mol. The van der Waals surface area contributed by atoms with Crippen LogP contribution in [0.5, 0.6) is 0 Å². The highest BCUT2D eigenvalue weighted by Crippen LogP contribution is 2.03. The smallest absolute Gasteiger partial charge is 0.422 e. The Bertz CT molecular complexity index is 545. The minimum atomic E-state index is -4.09. The molecule has 7 nitrogen and oxygen atoms in total. The number of benzene rings is 1. The van der Waals surface area contributed by atoms with Crippen molar-refractivity contribution in [3.05, 3.63) is 35.9 Å². The quantitative estimate of drug-likeness (QED) is 0.682. The number of hydrogen-bond donors (Lipinski definition) is 3. The van der Waals surface area contributed by atoms with Crippen molar-refractivity contribution < 1.29 is 23.1 Å². The fourth-order valence-electron chi connectivity index (χ4n) is 1.64. The van der Waals surface area contributed by atoms with Crippen LogP contribution in [0.1, 0.15) is 19.4 Å². The van der Waals surface area contributed by atoms with Gasteiger partial charge in [0.2, 0.25) is 0 Å². The second kappa shape index (κ2) is 7.96. The monoisotopic (exact) mass is 316 g/mol. The van der Waals surface area contributed by atoms with Gasteiger partial charge in [-0.3, -0.25) is 0 Å². The van der Waals surface area contributed by atoms with E-state index in [9.17, 15) is 18.3 Å². The van der Waals surface area contributed by atoms with E-state index in [4.69, 9.17) is 0 Å². The topological polar surface area (TPSA) is 105 Å². The van der Waals surface area contributed by atoms with Crippen LogP contribution in [0.3, 0.4) is 0 Å². The third kappa shape index (κ3) is 7.07. The number of nitrogens with one attached hydrogen (secondary N) is 2. The lowest BCUT2D eigenvalue weighted by molar-refractivity contribution is 0.121. The fourth-order valence-corrected chi connectivity index (χ4v) is 2.56. The van der Waals surface area contributed by atoms with E-state index in [-0.39, 0.29) is 0 Å². The summed E-state index contributed by atoms with van der Waals surface area (Å²) in [4.78, 5) is 11.3. The summed E-state index contributed by atoms with van der Waals surface area (Å²) in [6.45, 7) is 2.81. The molecule has 0 saturated heterocycles. The van der Waals surface area contributed by atoms with Crippen molar-refractivity contribution in [2.24, 2.45) is 0 Å². The van der Waals surface area contributed by atoms with Gasteiger partial charge in [-0.15, -0.1) is 0 Å². The van der Waals surface area contributed by atoms with Crippen LogP contribution >= 0.6 is 0 Å². The van der Waals surface area contributed by atoms with Crippen molar-refractivity contribution in [1.29, 1.82) is 0 Å². The standard InChI is InChI=1S/C13H20N2O5S/c1-10(2)20-13(17)15-21(18,19)14-12(9-16)8-11-6-4-3-5-7-11/h3-7,10,12,14,16H,8-9H2,1-2H3,(H,15,17)/t12-/m0/s1. The fraction of sp³-hybridized carbons (Fsp3) is 0.462. The van der Waals surface area contributed by atoms with Crippen LogP contribution in [-0.4, -0.2) is 38.4 Å².